The van der Waals surface area contributed by atoms with Gasteiger partial charge in [0.05, 0.1) is 12.2 Å². The van der Waals surface area contributed by atoms with Gasteiger partial charge in [-0.1, -0.05) is 30.3 Å². The van der Waals surface area contributed by atoms with E-state index >= 15 is 0 Å². The minimum atomic E-state index is -0.393. The van der Waals surface area contributed by atoms with Crippen molar-refractivity contribution in [3.05, 3.63) is 65.7 Å². The minimum absolute atomic E-state index is 0.130. The highest BCUT2D eigenvalue weighted by molar-refractivity contribution is 5.96. The number of rotatable bonds is 6. The summed E-state index contributed by atoms with van der Waals surface area (Å²) >= 11 is 0. The first kappa shape index (κ1) is 17.7. The topological polar surface area (TPSA) is 58.6 Å². The van der Waals surface area contributed by atoms with Gasteiger partial charge < -0.3 is 10.1 Å². The van der Waals surface area contributed by atoms with Crippen LogP contribution in [-0.4, -0.2) is 37.5 Å². The fourth-order valence-corrected chi connectivity index (χ4v) is 2.43. The molecule has 0 aliphatic carbocycles. The largest absolute Gasteiger partial charge is 0.462 e. The molecule has 0 radical (unpaired) electrons. The Bertz CT molecular complexity index is 682. The van der Waals surface area contributed by atoms with Gasteiger partial charge in [0.1, 0.15) is 6.04 Å². The average molecular weight is 326 g/mol. The molecule has 24 heavy (non-hydrogen) atoms. The van der Waals surface area contributed by atoms with Crippen molar-refractivity contribution in [3.8, 4) is 0 Å². The summed E-state index contributed by atoms with van der Waals surface area (Å²) in [7, 11) is 3.72. The molecule has 1 unspecified atom stereocenters. The Labute approximate surface area is 142 Å². The zero-order valence-corrected chi connectivity index (χ0v) is 14.2. The molecule has 0 spiro atoms. The van der Waals surface area contributed by atoms with E-state index < -0.39 is 6.04 Å². The maximum absolute atomic E-state index is 12.6. The molecule has 0 aliphatic rings. The van der Waals surface area contributed by atoms with Crippen molar-refractivity contribution in [2.75, 3.05) is 26.0 Å². The molecule has 2 aromatic rings. The molecule has 0 aromatic heterocycles. The fraction of sp³-hybridized carbons (Fsp3) is 0.263. The van der Waals surface area contributed by atoms with Gasteiger partial charge in [0.2, 0.25) is 5.91 Å². The standard InChI is InChI=1S/C19H22N2O3/c1-4-24-19(23)15-10-12-16(13-11-15)20-18(22)17(21(2)3)14-8-6-5-7-9-14/h5-13,17H,4H2,1-3H3,(H,20,22). The van der Waals surface area contributed by atoms with Gasteiger partial charge in [0.15, 0.2) is 0 Å². The molecule has 0 aliphatic heterocycles. The number of likely N-dealkylation sites (N-methyl/N-ethyl adjacent to an activating group) is 1. The molecule has 2 rings (SSSR count). The van der Waals surface area contributed by atoms with E-state index in [0.717, 1.165) is 5.56 Å². The summed E-state index contributed by atoms with van der Waals surface area (Å²) < 4.78 is 4.94. The first-order chi connectivity index (χ1) is 11.5. The second-order valence-corrected chi connectivity index (χ2v) is 5.56. The van der Waals surface area contributed by atoms with Crippen molar-refractivity contribution < 1.29 is 14.3 Å². The van der Waals surface area contributed by atoms with Crippen molar-refractivity contribution in [3.63, 3.8) is 0 Å². The molecule has 2 aromatic carbocycles. The summed E-state index contributed by atoms with van der Waals surface area (Å²) in [6.45, 7) is 2.09. The number of ether oxygens (including phenoxy) is 1. The van der Waals surface area contributed by atoms with Crippen LogP contribution in [0.3, 0.4) is 0 Å². The number of anilines is 1. The Morgan fingerprint density at radius 1 is 1.04 bits per heavy atom. The van der Waals surface area contributed by atoms with Crippen molar-refractivity contribution in [2.45, 2.75) is 13.0 Å². The van der Waals surface area contributed by atoms with Crippen LogP contribution >= 0.6 is 0 Å². The predicted octanol–water partition coefficient (Wildman–Crippen LogP) is 3.10. The highest BCUT2D eigenvalue weighted by Crippen LogP contribution is 2.20. The molecule has 0 bridgehead atoms. The van der Waals surface area contributed by atoms with Crippen molar-refractivity contribution in [1.29, 1.82) is 0 Å². The maximum atomic E-state index is 12.6. The lowest BCUT2D eigenvalue weighted by Gasteiger charge is -2.23. The zero-order valence-electron chi connectivity index (χ0n) is 14.2. The molecular formula is C19H22N2O3. The van der Waals surface area contributed by atoms with Crippen molar-refractivity contribution in [2.24, 2.45) is 0 Å². The summed E-state index contributed by atoms with van der Waals surface area (Å²) in [6, 6.07) is 15.9. The fourth-order valence-electron chi connectivity index (χ4n) is 2.43. The summed E-state index contributed by atoms with van der Waals surface area (Å²) in [4.78, 5) is 26.1. The first-order valence-corrected chi connectivity index (χ1v) is 7.82. The van der Waals surface area contributed by atoms with Gasteiger partial charge in [-0.3, -0.25) is 9.69 Å². The lowest BCUT2D eigenvalue weighted by atomic mass is 10.1. The quantitative estimate of drug-likeness (QED) is 0.829. The lowest BCUT2D eigenvalue weighted by Crippen LogP contribution is -2.32. The lowest BCUT2D eigenvalue weighted by molar-refractivity contribution is -0.120. The molecule has 1 N–H and O–H groups in total. The van der Waals surface area contributed by atoms with E-state index in [1.807, 2.05) is 49.3 Å². The molecule has 1 amide bonds. The number of benzene rings is 2. The second kappa shape index (κ2) is 8.26. The number of carbonyl (C=O) groups excluding carboxylic acids is 2. The van der Waals surface area contributed by atoms with Gasteiger partial charge in [0, 0.05) is 5.69 Å². The van der Waals surface area contributed by atoms with E-state index in [1.165, 1.54) is 0 Å². The van der Waals surface area contributed by atoms with E-state index in [0.29, 0.717) is 17.9 Å². The van der Waals surface area contributed by atoms with Crippen LogP contribution in [0, 0.1) is 0 Å². The smallest absolute Gasteiger partial charge is 0.338 e. The molecule has 126 valence electrons. The normalized spacial score (nSPS) is 11.8. The highest BCUT2D eigenvalue weighted by Gasteiger charge is 2.22. The SMILES string of the molecule is CCOC(=O)c1ccc(NC(=O)C(c2ccccc2)N(C)C)cc1. The summed E-state index contributed by atoms with van der Waals surface area (Å²) in [5, 5.41) is 2.89. The molecule has 0 fully saturated rings. The van der Waals surface area contributed by atoms with Crippen molar-refractivity contribution >= 4 is 17.6 Å². The Balaban J connectivity index is 2.11. The van der Waals surface area contributed by atoms with Crippen LogP contribution < -0.4 is 5.32 Å². The van der Waals surface area contributed by atoms with Crippen LogP contribution in [0.2, 0.25) is 0 Å². The third kappa shape index (κ3) is 4.43. The Morgan fingerprint density at radius 2 is 1.67 bits per heavy atom. The van der Waals surface area contributed by atoms with E-state index in [9.17, 15) is 9.59 Å². The van der Waals surface area contributed by atoms with Gasteiger partial charge in [-0.2, -0.15) is 0 Å². The Kier molecular flexibility index (Phi) is 6.09. The third-order valence-corrected chi connectivity index (χ3v) is 3.54. The summed E-state index contributed by atoms with van der Waals surface area (Å²) in [5.74, 6) is -0.499. The number of nitrogens with zero attached hydrogens (tertiary/aromatic N) is 1. The number of hydrogen-bond donors (Lipinski definition) is 1. The van der Waals surface area contributed by atoms with Crippen LogP contribution in [0.1, 0.15) is 28.9 Å². The number of esters is 1. The molecule has 0 saturated heterocycles. The Morgan fingerprint density at radius 3 is 2.21 bits per heavy atom. The second-order valence-electron chi connectivity index (χ2n) is 5.56. The van der Waals surface area contributed by atoms with Crippen LogP contribution in [-0.2, 0) is 9.53 Å². The van der Waals surface area contributed by atoms with Crippen LogP contribution in [0.15, 0.2) is 54.6 Å². The average Bonchev–Trinajstić information content (AvgIpc) is 2.56. The van der Waals surface area contributed by atoms with Crippen molar-refractivity contribution in [1.82, 2.24) is 4.90 Å². The van der Waals surface area contributed by atoms with E-state index in [2.05, 4.69) is 5.32 Å². The number of hydrogen-bond acceptors (Lipinski definition) is 4. The Hall–Kier alpha value is -2.66. The van der Waals surface area contributed by atoms with Crippen LogP contribution in [0.4, 0.5) is 5.69 Å². The van der Waals surface area contributed by atoms with Crippen LogP contribution in [0.5, 0.6) is 0 Å². The molecule has 0 saturated carbocycles. The highest BCUT2D eigenvalue weighted by atomic mass is 16.5. The molecule has 0 heterocycles. The van der Waals surface area contributed by atoms with Gasteiger partial charge in [-0.15, -0.1) is 0 Å². The zero-order chi connectivity index (χ0) is 17.5. The third-order valence-electron chi connectivity index (χ3n) is 3.54. The molecular weight excluding hydrogens is 304 g/mol. The van der Waals surface area contributed by atoms with E-state index in [-0.39, 0.29) is 11.9 Å². The summed E-state index contributed by atoms with van der Waals surface area (Å²) in [6.07, 6.45) is 0. The van der Waals surface area contributed by atoms with Gasteiger partial charge in [-0.05, 0) is 50.8 Å². The summed E-state index contributed by atoms with van der Waals surface area (Å²) in [5.41, 5.74) is 2.01. The van der Waals surface area contributed by atoms with Gasteiger partial charge in [-0.25, -0.2) is 4.79 Å². The minimum Gasteiger partial charge on any atom is -0.462 e. The number of nitrogens with one attached hydrogen (secondary N) is 1. The maximum Gasteiger partial charge on any atom is 0.338 e. The van der Waals surface area contributed by atoms with Crippen LogP contribution in [0.25, 0.3) is 0 Å². The molecule has 5 heteroatoms. The van der Waals surface area contributed by atoms with E-state index in [4.69, 9.17) is 4.74 Å². The van der Waals surface area contributed by atoms with E-state index in [1.54, 1.807) is 31.2 Å². The van der Waals surface area contributed by atoms with Gasteiger partial charge >= 0.3 is 5.97 Å². The predicted molar refractivity (Wildman–Crippen MR) is 93.9 cm³/mol. The monoisotopic (exact) mass is 326 g/mol. The first-order valence-electron chi connectivity index (χ1n) is 7.82. The molecule has 1 atom stereocenters. The number of carbonyl (C=O) groups is 2. The number of amides is 1. The van der Waals surface area contributed by atoms with Gasteiger partial charge in [0.25, 0.3) is 0 Å². The molecule has 5 nitrogen and oxygen atoms in total.